The van der Waals surface area contributed by atoms with Crippen LogP contribution in [-0.4, -0.2) is 5.11 Å². The summed E-state index contributed by atoms with van der Waals surface area (Å²) in [5.41, 5.74) is 9.29. The van der Waals surface area contributed by atoms with Crippen LogP contribution >= 0.6 is 0 Å². The summed E-state index contributed by atoms with van der Waals surface area (Å²) >= 11 is 0. The summed E-state index contributed by atoms with van der Waals surface area (Å²) in [7, 11) is 0. The first kappa shape index (κ1) is 11.5. The van der Waals surface area contributed by atoms with Crippen molar-refractivity contribution in [2.24, 2.45) is 5.73 Å². The number of benzene rings is 1. The second-order valence-corrected chi connectivity index (χ2v) is 6.09. The maximum absolute atomic E-state index is 10.1. The SMILES string of the molecule is Cc1cc(C(C)(C)C)c(O)cc1C1(N)CC1. The fourth-order valence-electron chi connectivity index (χ4n) is 2.24. The molecular formula is C14H21NO. The minimum Gasteiger partial charge on any atom is -0.508 e. The monoisotopic (exact) mass is 219 g/mol. The number of phenolic OH excluding ortho intramolecular Hbond substituents is 1. The largest absolute Gasteiger partial charge is 0.508 e. The molecule has 0 atom stereocenters. The van der Waals surface area contributed by atoms with Crippen LogP contribution < -0.4 is 5.73 Å². The molecule has 2 nitrogen and oxygen atoms in total. The molecule has 1 fully saturated rings. The summed E-state index contributed by atoms with van der Waals surface area (Å²) in [5, 5.41) is 10.1. The average Bonchev–Trinajstić information content (AvgIpc) is 2.86. The summed E-state index contributed by atoms with van der Waals surface area (Å²) < 4.78 is 0. The number of nitrogens with two attached hydrogens (primary N) is 1. The first-order valence-corrected chi connectivity index (χ1v) is 5.87. The lowest BCUT2D eigenvalue weighted by atomic mass is 9.83. The fraction of sp³-hybridized carbons (Fsp3) is 0.571. The molecule has 0 aromatic heterocycles. The van der Waals surface area contributed by atoms with Gasteiger partial charge in [0.05, 0.1) is 0 Å². The second kappa shape index (κ2) is 3.24. The predicted molar refractivity (Wildman–Crippen MR) is 66.6 cm³/mol. The van der Waals surface area contributed by atoms with Gasteiger partial charge >= 0.3 is 0 Å². The molecule has 1 aliphatic carbocycles. The van der Waals surface area contributed by atoms with Crippen molar-refractivity contribution in [3.63, 3.8) is 0 Å². The molecule has 2 rings (SSSR count). The molecule has 0 saturated heterocycles. The first-order valence-electron chi connectivity index (χ1n) is 5.87. The van der Waals surface area contributed by atoms with Crippen molar-refractivity contribution in [3.8, 4) is 5.75 Å². The van der Waals surface area contributed by atoms with Gasteiger partial charge in [0.25, 0.3) is 0 Å². The van der Waals surface area contributed by atoms with Crippen molar-refractivity contribution < 1.29 is 5.11 Å². The van der Waals surface area contributed by atoms with Gasteiger partial charge in [-0.2, -0.15) is 0 Å². The van der Waals surface area contributed by atoms with E-state index < -0.39 is 0 Å². The van der Waals surface area contributed by atoms with E-state index in [0.717, 1.165) is 24.0 Å². The Morgan fingerprint density at radius 2 is 1.81 bits per heavy atom. The predicted octanol–water partition coefficient (Wildman–Crippen LogP) is 2.95. The summed E-state index contributed by atoms with van der Waals surface area (Å²) in [6.45, 7) is 8.40. The maximum Gasteiger partial charge on any atom is 0.119 e. The molecule has 0 spiro atoms. The van der Waals surface area contributed by atoms with Crippen LogP contribution in [0.15, 0.2) is 12.1 Å². The van der Waals surface area contributed by atoms with Crippen LogP contribution in [0.1, 0.15) is 50.3 Å². The number of hydrogen-bond donors (Lipinski definition) is 2. The third-order valence-corrected chi connectivity index (χ3v) is 3.48. The molecule has 0 unspecified atom stereocenters. The highest BCUT2D eigenvalue weighted by Gasteiger charge is 2.41. The molecule has 1 aromatic carbocycles. The lowest BCUT2D eigenvalue weighted by Crippen LogP contribution is -2.21. The van der Waals surface area contributed by atoms with E-state index in [1.807, 2.05) is 6.07 Å². The Morgan fingerprint density at radius 1 is 1.25 bits per heavy atom. The Hall–Kier alpha value is -1.02. The van der Waals surface area contributed by atoms with Gasteiger partial charge in [-0.05, 0) is 47.9 Å². The molecule has 16 heavy (non-hydrogen) atoms. The Balaban J connectivity index is 2.52. The van der Waals surface area contributed by atoms with Crippen molar-refractivity contribution in [1.82, 2.24) is 0 Å². The number of phenols is 1. The van der Waals surface area contributed by atoms with Gasteiger partial charge in [-0.1, -0.05) is 26.8 Å². The number of aryl methyl sites for hydroxylation is 1. The van der Waals surface area contributed by atoms with Crippen molar-refractivity contribution in [2.75, 3.05) is 0 Å². The van der Waals surface area contributed by atoms with Crippen molar-refractivity contribution in [2.45, 2.75) is 51.5 Å². The smallest absolute Gasteiger partial charge is 0.119 e. The molecule has 0 radical (unpaired) electrons. The standard InChI is InChI=1S/C14H21NO/c1-9-7-11(13(2,3)4)12(16)8-10(9)14(15)5-6-14/h7-8,16H,5-6,15H2,1-4H3. The van der Waals surface area contributed by atoms with E-state index in [2.05, 4.69) is 33.8 Å². The molecule has 2 heteroatoms. The normalized spacial score (nSPS) is 18.6. The molecule has 0 aliphatic heterocycles. The van der Waals surface area contributed by atoms with Gasteiger partial charge in [0.1, 0.15) is 5.75 Å². The Bertz CT molecular complexity index is 394. The van der Waals surface area contributed by atoms with Crippen LogP contribution in [-0.2, 0) is 11.0 Å². The van der Waals surface area contributed by atoms with Gasteiger partial charge in [-0.15, -0.1) is 0 Å². The number of hydrogen-bond acceptors (Lipinski definition) is 2. The lowest BCUT2D eigenvalue weighted by Gasteiger charge is -2.23. The van der Waals surface area contributed by atoms with E-state index in [4.69, 9.17) is 5.73 Å². The summed E-state index contributed by atoms with van der Waals surface area (Å²) in [4.78, 5) is 0. The van der Waals surface area contributed by atoms with Crippen LogP contribution in [0.25, 0.3) is 0 Å². The molecule has 0 heterocycles. The molecule has 1 aromatic rings. The van der Waals surface area contributed by atoms with E-state index in [-0.39, 0.29) is 11.0 Å². The average molecular weight is 219 g/mol. The Kier molecular flexibility index (Phi) is 2.32. The third kappa shape index (κ3) is 1.82. The van der Waals surface area contributed by atoms with Crippen LogP contribution in [0, 0.1) is 6.92 Å². The number of aromatic hydroxyl groups is 1. The van der Waals surface area contributed by atoms with Crippen molar-refractivity contribution in [3.05, 3.63) is 28.8 Å². The minimum absolute atomic E-state index is 0.0291. The number of rotatable bonds is 1. The topological polar surface area (TPSA) is 46.2 Å². The Morgan fingerprint density at radius 3 is 2.25 bits per heavy atom. The second-order valence-electron chi connectivity index (χ2n) is 6.09. The minimum atomic E-state index is -0.169. The van der Waals surface area contributed by atoms with E-state index in [1.54, 1.807) is 0 Å². The van der Waals surface area contributed by atoms with E-state index in [0.29, 0.717) is 5.75 Å². The highest BCUT2D eigenvalue weighted by molar-refractivity contribution is 5.48. The van der Waals surface area contributed by atoms with Gasteiger partial charge in [-0.25, -0.2) is 0 Å². The summed E-state index contributed by atoms with van der Waals surface area (Å²) in [5.74, 6) is 0.379. The molecular weight excluding hydrogens is 198 g/mol. The van der Waals surface area contributed by atoms with E-state index in [9.17, 15) is 5.11 Å². The summed E-state index contributed by atoms with van der Waals surface area (Å²) in [6, 6.07) is 3.94. The zero-order chi connectivity index (χ0) is 12.1. The van der Waals surface area contributed by atoms with E-state index in [1.165, 1.54) is 5.56 Å². The highest BCUT2D eigenvalue weighted by atomic mass is 16.3. The Labute approximate surface area is 97.5 Å². The van der Waals surface area contributed by atoms with Crippen LogP contribution in [0.2, 0.25) is 0 Å². The van der Waals surface area contributed by atoms with Gasteiger partial charge in [0, 0.05) is 5.54 Å². The quantitative estimate of drug-likeness (QED) is 0.762. The molecule has 1 saturated carbocycles. The zero-order valence-electron chi connectivity index (χ0n) is 10.6. The molecule has 0 bridgehead atoms. The third-order valence-electron chi connectivity index (χ3n) is 3.48. The fourth-order valence-corrected chi connectivity index (χ4v) is 2.24. The first-order chi connectivity index (χ1) is 7.24. The molecule has 0 amide bonds. The highest BCUT2D eigenvalue weighted by Crippen LogP contribution is 2.46. The molecule has 1 aliphatic rings. The molecule has 88 valence electrons. The lowest BCUT2D eigenvalue weighted by molar-refractivity contribution is 0.444. The van der Waals surface area contributed by atoms with Crippen LogP contribution in [0.4, 0.5) is 0 Å². The van der Waals surface area contributed by atoms with Crippen molar-refractivity contribution >= 4 is 0 Å². The van der Waals surface area contributed by atoms with Gasteiger partial charge in [0.2, 0.25) is 0 Å². The van der Waals surface area contributed by atoms with Gasteiger partial charge in [0.15, 0.2) is 0 Å². The van der Waals surface area contributed by atoms with Gasteiger partial charge < -0.3 is 10.8 Å². The summed E-state index contributed by atoms with van der Waals surface area (Å²) in [6.07, 6.45) is 2.06. The van der Waals surface area contributed by atoms with E-state index >= 15 is 0 Å². The van der Waals surface area contributed by atoms with Crippen molar-refractivity contribution in [1.29, 1.82) is 0 Å². The molecule has 3 N–H and O–H groups in total. The van der Waals surface area contributed by atoms with Gasteiger partial charge in [-0.3, -0.25) is 0 Å². The zero-order valence-corrected chi connectivity index (χ0v) is 10.6. The maximum atomic E-state index is 10.1. The van der Waals surface area contributed by atoms with Crippen LogP contribution in [0.5, 0.6) is 5.75 Å². The van der Waals surface area contributed by atoms with Crippen LogP contribution in [0.3, 0.4) is 0 Å².